The molecule has 0 radical (unpaired) electrons. The first-order chi connectivity index (χ1) is 20.9. The highest BCUT2D eigenvalue weighted by Gasteiger charge is 2.23. The van der Waals surface area contributed by atoms with Crippen molar-refractivity contribution >= 4 is 44.1 Å². The molecule has 0 bridgehead atoms. The molecule has 0 N–H and O–H groups in total. The number of hydrogen-bond acceptors (Lipinski definition) is 5. The number of ether oxygens (including phenoxy) is 2. The van der Waals surface area contributed by atoms with Crippen LogP contribution in [0, 0.1) is 0 Å². The minimum Gasteiger partial charge on any atom is -0.497 e. The van der Waals surface area contributed by atoms with Gasteiger partial charge in [-0.2, -0.15) is 0 Å². The molecule has 0 aliphatic heterocycles. The highest BCUT2D eigenvalue weighted by atomic mass is 31.2. The maximum atomic E-state index is 12.9. The summed E-state index contributed by atoms with van der Waals surface area (Å²) in [6, 6.07) is 30.5. The van der Waals surface area contributed by atoms with Crippen LogP contribution in [0.2, 0.25) is 0 Å². The highest BCUT2D eigenvalue weighted by molar-refractivity contribution is 7.53. The second-order valence-corrected chi connectivity index (χ2v) is 11.9. The average Bonchev–Trinajstić information content (AvgIpc) is 3.03. The summed E-state index contributed by atoms with van der Waals surface area (Å²) in [6.45, 7) is 4.35. The molecule has 5 nitrogen and oxygen atoms in total. The van der Waals surface area contributed by atoms with Crippen molar-refractivity contribution in [2.75, 3.05) is 27.4 Å². The molecule has 4 aromatic carbocycles. The SMILES string of the molecule is CCOP(=O)(Cc1ccc(/C=C/c2cc(/C=C/c3ccc(OC)cc3)cc(/C=C/c3ccc(OC)cc3)c2)cc1)OCC. The van der Waals surface area contributed by atoms with E-state index in [0.717, 1.165) is 50.4 Å². The predicted octanol–water partition coefficient (Wildman–Crippen LogP) is 9.98. The lowest BCUT2D eigenvalue weighted by Crippen LogP contribution is -1.99. The third kappa shape index (κ3) is 9.97. The molecule has 222 valence electrons. The van der Waals surface area contributed by atoms with Gasteiger partial charge in [-0.1, -0.05) is 85.0 Å². The Bertz CT molecular complexity index is 1500. The quantitative estimate of drug-likeness (QED) is 0.107. The van der Waals surface area contributed by atoms with E-state index in [-0.39, 0.29) is 6.16 Å². The van der Waals surface area contributed by atoms with Crippen molar-refractivity contribution in [3.8, 4) is 11.5 Å². The van der Waals surface area contributed by atoms with Crippen LogP contribution in [0.15, 0.2) is 91.0 Å². The summed E-state index contributed by atoms with van der Waals surface area (Å²) in [4.78, 5) is 0. The first-order valence-electron chi connectivity index (χ1n) is 14.4. The first kappa shape index (κ1) is 31.8. The van der Waals surface area contributed by atoms with Crippen molar-refractivity contribution < 1.29 is 23.1 Å². The number of methoxy groups -OCH3 is 2. The summed E-state index contributed by atoms with van der Waals surface area (Å²) in [5.41, 5.74) is 7.40. The van der Waals surface area contributed by atoms with Gasteiger partial charge in [0.05, 0.1) is 33.6 Å². The Hall–Kier alpha value is -4.15. The van der Waals surface area contributed by atoms with Crippen LogP contribution < -0.4 is 9.47 Å². The molecule has 0 heterocycles. The molecule has 0 aromatic heterocycles. The van der Waals surface area contributed by atoms with E-state index in [0.29, 0.717) is 13.2 Å². The Morgan fingerprint density at radius 2 is 0.837 bits per heavy atom. The summed E-state index contributed by atoms with van der Waals surface area (Å²) in [5.74, 6) is 1.67. The van der Waals surface area contributed by atoms with Crippen molar-refractivity contribution in [2.45, 2.75) is 20.0 Å². The van der Waals surface area contributed by atoms with Gasteiger partial charge in [0.2, 0.25) is 0 Å². The lowest BCUT2D eigenvalue weighted by atomic mass is 10.0. The fourth-order valence-electron chi connectivity index (χ4n) is 4.48. The van der Waals surface area contributed by atoms with Crippen LogP contribution in [0.1, 0.15) is 52.8 Å². The molecule has 6 heteroatoms. The van der Waals surface area contributed by atoms with Crippen molar-refractivity contribution in [3.05, 3.63) is 130 Å². The normalized spacial score (nSPS) is 12.0. The van der Waals surface area contributed by atoms with Crippen molar-refractivity contribution in [2.24, 2.45) is 0 Å². The van der Waals surface area contributed by atoms with Crippen molar-refractivity contribution in [3.63, 3.8) is 0 Å². The third-order valence-corrected chi connectivity index (χ3v) is 8.70. The van der Waals surface area contributed by atoms with E-state index in [1.165, 1.54) is 0 Å². The lowest BCUT2D eigenvalue weighted by Gasteiger charge is -2.16. The second-order valence-electron chi connectivity index (χ2n) is 9.83. The fourth-order valence-corrected chi connectivity index (χ4v) is 6.18. The van der Waals surface area contributed by atoms with Crippen LogP contribution in [0.4, 0.5) is 0 Å². The van der Waals surface area contributed by atoms with Gasteiger partial charge in [0.1, 0.15) is 11.5 Å². The molecule has 43 heavy (non-hydrogen) atoms. The van der Waals surface area contributed by atoms with E-state index < -0.39 is 7.60 Å². The Balaban J connectivity index is 1.57. The number of hydrogen-bond donors (Lipinski definition) is 0. The zero-order valence-electron chi connectivity index (χ0n) is 25.2. The summed E-state index contributed by atoms with van der Waals surface area (Å²) in [5, 5.41) is 0. The molecule has 0 atom stereocenters. The van der Waals surface area contributed by atoms with Gasteiger partial charge in [-0.15, -0.1) is 0 Å². The highest BCUT2D eigenvalue weighted by Crippen LogP contribution is 2.51. The molecule has 4 rings (SSSR count). The zero-order chi connectivity index (χ0) is 30.5. The molecule has 4 aromatic rings. The molecule has 0 aliphatic carbocycles. The van der Waals surface area contributed by atoms with Gasteiger partial charge in [-0.05, 0) is 95.3 Å². The van der Waals surface area contributed by atoms with Crippen LogP contribution in [-0.4, -0.2) is 27.4 Å². The van der Waals surface area contributed by atoms with E-state index in [1.807, 2.05) is 86.6 Å². The van der Waals surface area contributed by atoms with Crippen molar-refractivity contribution in [1.82, 2.24) is 0 Å². The van der Waals surface area contributed by atoms with Crippen molar-refractivity contribution in [1.29, 1.82) is 0 Å². The van der Waals surface area contributed by atoms with Gasteiger partial charge in [0, 0.05) is 0 Å². The van der Waals surface area contributed by atoms with E-state index in [2.05, 4.69) is 54.7 Å². The van der Waals surface area contributed by atoms with Crippen LogP contribution in [-0.2, 0) is 19.8 Å². The van der Waals surface area contributed by atoms with Gasteiger partial charge in [0.15, 0.2) is 0 Å². The van der Waals surface area contributed by atoms with Crippen LogP contribution in [0.25, 0.3) is 36.5 Å². The maximum absolute atomic E-state index is 12.9. The first-order valence-corrected chi connectivity index (χ1v) is 16.1. The second kappa shape index (κ2) is 15.9. The summed E-state index contributed by atoms with van der Waals surface area (Å²) in [7, 11) is 0.198. The Labute approximate surface area is 255 Å². The molecule has 0 saturated carbocycles. The van der Waals surface area contributed by atoms with E-state index in [1.54, 1.807) is 14.2 Å². The molecule has 0 fully saturated rings. The summed E-state index contributed by atoms with van der Waals surface area (Å²) < 4.78 is 34.4. The van der Waals surface area contributed by atoms with Crippen LogP contribution in [0.3, 0.4) is 0 Å². The number of rotatable bonds is 14. The van der Waals surface area contributed by atoms with Gasteiger partial charge < -0.3 is 18.5 Å². The molecular formula is C37H39O5P. The summed E-state index contributed by atoms with van der Waals surface area (Å²) in [6.07, 6.45) is 12.9. The van der Waals surface area contributed by atoms with E-state index in [9.17, 15) is 4.57 Å². The third-order valence-electron chi connectivity index (χ3n) is 6.64. The van der Waals surface area contributed by atoms with Gasteiger partial charge in [-0.25, -0.2) is 0 Å². The zero-order valence-corrected chi connectivity index (χ0v) is 26.1. The maximum Gasteiger partial charge on any atom is 0.335 e. The van der Waals surface area contributed by atoms with Crippen LogP contribution in [0.5, 0.6) is 11.5 Å². The molecule has 0 unspecified atom stereocenters. The largest absolute Gasteiger partial charge is 0.497 e. The minimum atomic E-state index is -3.14. The molecule has 0 spiro atoms. The predicted molar refractivity (Wildman–Crippen MR) is 180 cm³/mol. The van der Waals surface area contributed by atoms with Gasteiger partial charge in [-0.3, -0.25) is 4.57 Å². The monoisotopic (exact) mass is 594 g/mol. The molecule has 0 aliphatic rings. The fraction of sp³-hybridized carbons (Fsp3) is 0.189. The topological polar surface area (TPSA) is 54.0 Å². The van der Waals surface area contributed by atoms with E-state index in [4.69, 9.17) is 18.5 Å². The standard InChI is InChI=1S/C37H39O5P/c1-5-41-43(38,42-6-2)28-32-12-7-29(8-13-32)9-14-33-25-34(15-10-30-17-21-36(39-3)22-18-30)27-35(26-33)16-11-31-19-23-37(40-4)24-20-31/h7-27H,5-6,28H2,1-4H3/b14-9+,15-10+,16-11+. The Kier molecular flexibility index (Phi) is 11.8. The van der Waals surface area contributed by atoms with Crippen LogP contribution >= 0.6 is 7.60 Å². The average molecular weight is 595 g/mol. The number of benzene rings is 4. The Morgan fingerprint density at radius 1 is 0.512 bits per heavy atom. The lowest BCUT2D eigenvalue weighted by molar-refractivity contribution is 0.219. The molecule has 0 saturated heterocycles. The smallest absolute Gasteiger partial charge is 0.335 e. The minimum absolute atomic E-state index is 0.255. The molecule has 0 amide bonds. The van der Waals surface area contributed by atoms with Gasteiger partial charge >= 0.3 is 7.60 Å². The van der Waals surface area contributed by atoms with E-state index >= 15 is 0 Å². The summed E-state index contributed by atoms with van der Waals surface area (Å²) >= 11 is 0. The Morgan fingerprint density at radius 3 is 1.16 bits per heavy atom. The van der Waals surface area contributed by atoms with Gasteiger partial charge in [0.25, 0.3) is 0 Å². The molecular weight excluding hydrogens is 555 g/mol.